The second-order valence-electron chi connectivity index (χ2n) is 5.18. The summed E-state index contributed by atoms with van der Waals surface area (Å²) >= 11 is 0. The third-order valence-corrected chi connectivity index (χ3v) is 3.09. The lowest BCUT2D eigenvalue weighted by atomic mass is 10.1. The van der Waals surface area contributed by atoms with Crippen molar-refractivity contribution in [1.82, 2.24) is 4.98 Å². The van der Waals surface area contributed by atoms with Gasteiger partial charge in [-0.1, -0.05) is 50.3 Å². The van der Waals surface area contributed by atoms with E-state index < -0.39 is 0 Å². The van der Waals surface area contributed by atoms with Crippen LogP contribution in [0.5, 0.6) is 5.88 Å². The lowest BCUT2D eigenvalue weighted by Crippen LogP contribution is -2.01. The highest BCUT2D eigenvalue weighted by molar-refractivity contribution is 5.48. The highest BCUT2D eigenvalue weighted by atomic mass is 16.5. The maximum atomic E-state index is 9.29. The van der Waals surface area contributed by atoms with Crippen LogP contribution >= 0.6 is 0 Å². The van der Waals surface area contributed by atoms with Crippen LogP contribution in [0, 0.1) is 0 Å². The van der Waals surface area contributed by atoms with Gasteiger partial charge in [0.1, 0.15) is 6.61 Å². The first-order valence-corrected chi connectivity index (χ1v) is 7.15. The molecule has 0 fully saturated rings. The van der Waals surface area contributed by atoms with Crippen LogP contribution in [0.25, 0.3) is 6.08 Å². The van der Waals surface area contributed by atoms with Crippen molar-refractivity contribution in [2.45, 2.75) is 26.4 Å². The van der Waals surface area contributed by atoms with Gasteiger partial charge in [0, 0.05) is 11.8 Å². The van der Waals surface area contributed by atoms with Crippen LogP contribution in [0.15, 0.2) is 48.5 Å². The summed E-state index contributed by atoms with van der Waals surface area (Å²) in [7, 11) is 0. The Morgan fingerprint density at radius 3 is 2.62 bits per heavy atom. The van der Waals surface area contributed by atoms with Gasteiger partial charge in [-0.2, -0.15) is 0 Å². The molecule has 0 unspecified atom stereocenters. The monoisotopic (exact) mass is 283 g/mol. The fourth-order valence-electron chi connectivity index (χ4n) is 1.92. The highest BCUT2D eigenvalue weighted by Gasteiger charge is 2.06. The number of rotatable bonds is 6. The molecule has 1 aromatic heterocycles. The zero-order valence-electron chi connectivity index (χ0n) is 12.5. The van der Waals surface area contributed by atoms with E-state index in [0.717, 1.165) is 16.8 Å². The van der Waals surface area contributed by atoms with Crippen molar-refractivity contribution in [2.24, 2.45) is 0 Å². The summed E-state index contributed by atoms with van der Waals surface area (Å²) in [5.74, 6) is 0.863. The van der Waals surface area contributed by atoms with Crippen molar-refractivity contribution in [1.29, 1.82) is 0 Å². The summed E-state index contributed by atoms with van der Waals surface area (Å²) in [6, 6.07) is 13.8. The number of aliphatic hydroxyl groups excluding tert-OH is 1. The second kappa shape index (κ2) is 7.60. The number of ether oxygens (including phenoxy) is 1. The Hall–Kier alpha value is -2.13. The summed E-state index contributed by atoms with van der Waals surface area (Å²) in [5.41, 5.74) is 2.90. The molecule has 1 aromatic carbocycles. The molecule has 2 aromatic rings. The lowest BCUT2D eigenvalue weighted by Gasteiger charge is -2.10. The Bertz CT molecular complexity index is 591. The molecule has 2 rings (SSSR count). The zero-order valence-corrected chi connectivity index (χ0v) is 12.5. The van der Waals surface area contributed by atoms with Gasteiger partial charge in [0.2, 0.25) is 5.88 Å². The van der Waals surface area contributed by atoms with Crippen LogP contribution in [-0.2, 0) is 6.61 Å². The van der Waals surface area contributed by atoms with E-state index in [2.05, 4.69) is 18.8 Å². The third kappa shape index (κ3) is 4.72. The Morgan fingerprint density at radius 2 is 1.95 bits per heavy atom. The van der Waals surface area contributed by atoms with E-state index in [0.29, 0.717) is 18.4 Å². The van der Waals surface area contributed by atoms with Gasteiger partial charge in [0.25, 0.3) is 0 Å². The first-order chi connectivity index (χ1) is 10.2. The largest absolute Gasteiger partial charge is 0.473 e. The van der Waals surface area contributed by atoms with Crippen molar-refractivity contribution >= 4 is 6.08 Å². The molecule has 0 atom stereocenters. The van der Waals surface area contributed by atoms with Gasteiger partial charge in [-0.25, -0.2) is 4.98 Å². The first-order valence-electron chi connectivity index (χ1n) is 7.15. The molecule has 0 aliphatic heterocycles. The number of aliphatic hydroxyl groups is 1. The minimum atomic E-state index is -0.00153. The Balaban J connectivity index is 1.99. The summed E-state index contributed by atoms with van der Waals surface area (Å²) in [5, 5.41) is 9.29. The Morgan fingerprint density at radius 1 is 1.19 bits per heavy atom. The first kappa shape index (κ1) is 15.3. The molecule has 0 aliphatic carbocycles. The molecule has 0 saturated carbocycles. The average molecular weight is 283 g/mol. The van der Waals surface area contributed by atoms with E-state index in [4.69, 9.17) is 4.74 Å². The summed E-state index contributed by atoms with van der Waals surface area (Å²) in [6.45, 7) is 4.60. The van der Waals surface area contributed by atoms with Crippen LogP contribution in [0.3, 0.4) is 0 Å². The second-order valence-corrected chi connectivity index (χ2v) is 5.18. The maximum absolute atomic E-state index is 9.29. The molecular weight excluding hydrogens is 262 g/mol. The quantitative estimate of drug-likeness (QED) is 0.877. The van der Waals surface area contributed by atoms with E-state index in [1.165, 1.54) is 0 Å². The molecule has 1 heterocycles. The Kier molecular flexibility index (Phi) is 5.52. The predicted molar refractivity (Wildman–Crippen MR) is 85.2 cm³/mol. The molecule has 0 spiro atoms. The van der Waals surface area contributed by atoms with Crippen LogP contribution in [0.4, 0.5) is 0 Å². The minimum absolute atomic E-state index is 0.00153. The SMILES string of the molecule is CC(C)c1cc(CO)cc(OC/C=C/c2ccccc2)n1. The van der Waals surface area contributed by atoms with Gasteiger partial charge in [-0.3, -0.25) is 0 Å². The lowest BCUT2D eigenvalue weighted by molar-refractivity contribution is 0.279. The van der Waals surface area contributed by atoms with Crippen LogP contribution in [-0.4, -0.2) is 16.7 Å². The molecule has 0 radical (unpaired) electrons. The molecule has 1 N–H and O–H groups in total. The molecule has 3 nitrogen and oxygen atoms in total. The summed E-state index contributed by atoms with van der Waals surface area (Å²) < 4.78 is 5.65. The smallest absolute Gasteiger partial charge is 0.214 e. The summed E-state index contributed by atoms with van der Waals surface area (Å²) in [4.78, 5) is 4.46. The summed E-state index contributed by atoms with van der Waals surface area (Å²) in [6.07, 6.45) is 3.97. The standard InChI is InChI=1S/C18H21NO2/c1-14(2)17-11-16(13-20)12-18(19-17)21-10-6-9-15-7-4-3-5-8-15/h3-9,11-12,14,20H,10,13H2,1-2H3/b9-6+. The number of aromatic nitrogens is 1. The number of pyridine rings is 1. The van der Waals surface area contributed by atoms with Crippen LogP contribution in [0.2, 0.25) is 0 Å². The highest BCUT2D eigenvalue weighted by Crippen LogP contribution is 2.19. The average Bonchev–Trinajstić information content (AvgIpc) is 2.52. The third-order valence-electron chi connectivity index (χ3n) is 3.09. The van der Waals surface area contributed by atoms with Crippen molar-refractivity contribution in [3.63, 3.8) is 0 Å². The van der Waals surface area contributed by atoms with Crippen molar-refractivity contribution in [2.75, 3.05) is 6.61 Å². The van der Waals surface area contributed by atoms with E-state index in [1.807, 2.05) is 48.6 Å². The minimum Gasteiger partial charge on any atom is -0.473 e. The normalized spacial score (nSPS) is 11.2. The van der Waals surface area contributed by atoms with E-state index in [1.54, 1.807) is 6.07 Å². The zero-order chi connectivity index (χ0) is 15.1. The number of hydrogen-bond donors (Lipinski definition) is 1. The molecule has 0 amide bonds. The molecule has 110 valence electrons. The van der Waals surface area contributed by atoms with Crippen LogP contribution < -0.4 is 4.74 Å². The maximum Gasteiger partial charge on any atom is 0.214 e. The van der Waals surface area contributed by atoms with Crippen molar-refractivity contribution in [3.8, 4) is 5.88 Å². The van der Waals surface area contributed by atoms with Crippen molar-refractivity contribution < 1.29 is 9.84 Å². The molecule has 21 heavy (non-hydrogen) atoms. The van der Waals surface area contributed by atoms with Gasteiger partial charge >= 0.3 is 0 Å². The fraction of sp³-hybridized carbons (Fsp3) is 0.278. The van der Waals surface area contributed by atoms with Gasteiger partial charge in [-0.05, 0) is 29.2 Å². The molecule has 0 saturated heterocycles. The number of nitrogens with zero attached hydrogens (tertiary/aromatic N) is 1. The predicted octanol–water partition coefficient (Wildman–Crippen LogP) is 3.79. The number of benzene rings is 1. The van der Waals surface area contributed by atoms with Crippen molar-refractivity contribution in [3.05, 3.63) is 65.4 Å². The number of hydrogen-bond acceptors (Lipinski definition) is 3. The molecular formula is C18H21NO2. The molecule has 0 bridgehead atoms. The van der Waals surface area contributed by atoms with Gasteiger partial charge in [-0.15, -0.1) is 0 Å². The van der Waals surface area contributed by atoms with Gasteiger partial charge < -0.3 is 9.84 Å². The molecule has 0 aliphatic rings. The van der Waals surface area contributed by atoms with Gasteiger partial charge in [0.15, 0.2) is 0 Å². The van der Waals surface area contributed by atoms with E-state index >= 15 is 0 Å². The van der Waals surface area contributed by atoms with E-state index in [-0.39, 0.29) is 6.61 Å². The molecule has 3 heteroatoms. The topological polar surface area (TPSA) is 42.4 Å². The fourth-order valence-corrected chi connectivity index (χ4v) is 1.92. The van der Waals surface area contributed by atoms with Gasteiger partial charge in [0.05, 0.1) is 6.61 Å². The van der Waals surface area contributed by atoms with Crippen LogP contribution in [0.1, 0.15) is 36.6 Å². The van der Waals surface area contributed by atoms with E-state index in [9.17, 15) is 5.11 Å². The Labute approximate surface area is 125 Å².